The van der Waals surface area contributed by atoms with E-state index in [4.69, 9.17) is 4.74 Å². The Morgan fingerprint density at radius 2 is 1.92 bits per heavy atom. The Labute approximate surface area is 153 Å². The molecule has 0 bridgehead atoms. The van der Waals surface area contributed by atoms with E-state index >= 15 is 0 Å². The van der Waals surface area contributed by atoms with Gasteiger partial charge < -0.3 is 9.72 Å². The molecular formula is C20H22N2O3S. The fourth-order valence-corrected chi connectivity index (χ4v) is 4.91. The highest BCUT2D eigenvalue weighted by Gasteiger charge is 2.26. The number of benzene rings is 2. The minimum atomic E-state index is -3.55. The van der Waals surface area contributed by atoms with Crippen molar-refractivity contribution in [1.29, 1.82) is 0 Å². The highest BCUT2D eigenvalue weighted by Crippen LogP contribution is 2.29. The Morgan fingerprint density at radius 1 is 1.15 bits per heavy atom. The van der Waals surface area contributed by atoms with Crippen molar-refractivity contribution in [2.75, 3.05) is 6.61 Å². The summed E-state index contributed by atoms with van der Waals surface area (Å²) in [6, 6.07) is 14.6. The van der Waals surface area contributed by atoms with Crippen molar-refractivity contribution in [1.82, 2.24) is 9.71 Å². The van der Waals surface area contributed by atoms with Gasteiger partial charge in [0.05, 0.1) is 11.5 Å². The van der Waals surface area contributed by atoms with Crippen LogP contribution in [0.1, 0.15) is 24.6 Å². The molecule has 4 rings (SSSR count). The van der Waals surface area contributed by atoms with E-state index < -0.39 is 10.0 Å². The van der Waals surface area contributed by atoms with Crippen molar-refractivity contribution in [2.45, 2.75) is 37.1 Å². The molecule has 0 radical (unpaired) electrons. The summed E-state index contributed by atoms with van der Waals surface area (Å²) in [6.07, 6.45) is 2.34. The summed E-state index contributed by atoms with van der Waals surface area (Å²) in [5, 5.41) is 1.19. The van der Waals surface area contributed by atoms with E-state index in [0.29, 0.717) is 18.8 Å². The second-order valence-corrected chi connectivity index (χ2v) is 8.31. The van der Waals surface area contributed by atoms with Gasteiger partial charge >= 0.3 is 0 Å². The van der Waals surface area contributed by atoms with Gasteiger partial charge in [-0.15, -0.1) is 0 Å². The van der Waals surface area contributed by atoms with Gasteiger partial charge in [0.2, 0.25) is 10.0 Å². The van der Waals surface area contributed by atoms with Gasteiger partial charge in [-0.05, 0) is 62.1 Å². The maximum Gasteiger partial charge on any atom is 0.240 e. The highest BCUT2D eigenvalue weighted by atomic mass is 32.2. The van der Waals surface area contributed by atoms with Crippen LogP contribution < -0.4 is 9.46 Å². The minimum absolute atomic E-state index is 0.0988. The number of fused-ring (bicyclic) bond motifs is 3. The molecule has 0 saturated heterocycles. The molecule has 1 aliphatic rings. The normalized spacial score (nSPS) is 17.2. The third-order valence-corrected chi connectivity index (χ3v) is 6.40. The van der Waals surface area contributed by atoms with Crippen molar-refractivity contribution in [3.8, 4) is 5.75 Å². The van der Waals surface area contributed by atoms with Gasteiger partial charge in [0.1, 0.15) is 5.75 Å². The molecule has 136 valence electrons. The van der Waals surface area contributed by atoms with Crippen molar-refractivity contribution < 1.29 is 13.2 Å². The summed E-state index contributed by atoms with van der Waals surface area (Å²) in [4.78, 5) is 3.73. The first-order valence-corrected chi connectivity index (χ1v) is 10.4. The van der Waals surface area contributed by atoms with Gasteiger partial charge in [-0.1, -0.05) is 18.2 Å². The van der Waals surface area contributed by atoms with Gasteiger partial charge in [-0.2, -0.15) is 0 Å². The third kappa shape index (κ3) is 3.22. The van der Waals surface area contributed by atoms with Crippen molar-refractivity contribution >= 4 is 20.9 Å². The molecule has 1 aromatic heterocycles. The molecular weight excluding hydrogens is 348 g/mol. The summed E-state index contributed by atoms with van der Waals surface area (Å²) in [5.41, 5.74) is 3.57. The van der Waals surface area contributed by atoms with Crippen molar-refractivity contribution in [2.24, 2.45) is 0 Å². The molecule has 3 aromatic rings. The molecule has 2 N–H and O–H groups in total. The first-order valence-electron chi connectivity index (χ1n) is 8.90. The molecule has 0 aliphatic heterocycles. The number of sulfonamides is 1. The maximum atomic E-state index is 12.7. The smallest absolute Gasteiger partial charge is 0.240 e. The Kier molecular flexibility index (Phi) is 4.46. The van der Waals surface area contributed by atoms with Crippen molar-refractivity contribution in [3.05, 3.63) is 59.8 Å². The van der Waals surface area contributed by atoms with Gasteiger partial charge in [-0.25, -0.2) is 13.1 Å². The van der Waals surface area contributed by atoms with E-state index in [-0.39, 0.29) is 10.9 Å². The quantitative estimate of drug-likeness (QED) is 0.723. The van der Waals surface area contributed by atoms with Crippen LogP contribution in [0.15, 0.2) is 53.4 Å². The number of ether oxygens (including phenoxy) is 1. The molecule has 0 saturated carbocycles. The molecule has 1 unspecified atom stereocenters. The van der Waals surface area contributed by atoms with Crippen LogP contribution in [0.5, 0.6) is 5.75 Å². The number of rotatable bonds is 5. The standard InChI is InChI=1S/C20H22N2O3S/c1-2-25-15-8-10-16(11-9-15)26(23,24)22-14-7-12-20-18(13-14)17-5-3-4-6-19(17)21-20/h3-6,8-11,14,21-22H,2,7,12-13H2,1H3. The van der Waals surface area contributed by atoms with Crippen LogP contribution in [-0.2, 0) is 22.9 Å². The first-order chi connectivity index (χ1) is 12.6. The van der Waals surface area contributed by atoms with E-state index in [2.05, 4.69) is 21.8 Å². The predicted octanol–water partition coefficient (Wildman–Crippen LogP) is 3.40. The van der Waals surface area contributed by atoms with Crippen LogP contribution in [0, 0.1) is 0 Å². The fourth-order valence-electron chi connectivity index (χ4n) is 3.64. The van der Waals surface area contributed by atoms with E-state index in [0.717, 1.165) is 18.4 Å². The van der Waals surface area contributed by atoms with Crippen molar-refractivity contribution in [3.63, 3.8) is 0 Å². The number of nitrogens with one attached hydrogen (secondary N) is 2. The lowest BCUT2D eigenvalue weighted by atomic mass is 9.92. The number of aromatic amines is 1. The van der Waals surface area contributed by atoms with Crippen LogP contribution in [-0.4, -0.2) is 26.1 Å². The predicted molar refractivity (Wildman–Crippen MR) is 102 cm³/mol. The number of aromatic nitrogens is 1. The molecule has 5 nitrogen and oxygen atoms in total. The number of hydrogen-bond donors (Lipinski definition) is 2. The topological polar surface area (TPSA) is 71.2 Å². The summed E-state index contributed by atoms with van der Waals surface area (Å²) < 4.78 is 33.7. The zero-order chi connectivity index (χ0) is 18.1. The summed E-state index contributed by atoms with van der Waals surface area (Å²) in [5.74, 6) is 0.674. The zero-order valence-electron chi connectivity index (χ0n) is 14.7. The van der Waals surface area contributed by atoms with E-state index in [9.17, 15) is 8.42 Å². The van der Waals surface area contributed by atoms with E-state index in [1.807, 2.05) is 19.1 Å². The lowest BCUT2D eigenvalue weighted by Gasteiger charge is -2.23. The van der Waals surface area contributed by atoms with Gasteiger partial charge in [0, 0.05) is 22.6 Å². The van der Waals surface area contributed by atoms with E-state index in [1.165, 1.54) is 16.6 Å². The Balaban J connectivity index is 1.54. The van der Waals surface area contributed by atoms with Crippen LogP contribution in [0.2, 0.25) is 0 Å². The Morgan fingerprint density at radius 3 is 2.69 bits per heavy atom. The monoisotopic (exact) mass is 370 g/mol. The second-order valence-electron chi connectivity index (χ2n) is 6.59. The van der Waals surface area contributed by atoms with Gasteiger partial charge in [0.15, 0.2) is 0 Å². The maximum absolute atomic E-state index is 12.7. The number of hydrogen-bond acceptors (Lipinski definition) is 3. The molecule has 1 atom stereocenters. The number of aryl methyl sites for hydroxylation is 1. The average molecular weight is 370 g/mol. The van der Waals surface area contributed by atoms with Crippen LogP contribution in [0.3, 0.4) is 0 Å². The van der Waals surface area contributed by atoms with E-state index in [1.54, 1.807) is 24.3 Å². The fraction of sp³-hybridized carbons (Fsp3) is 0.300. The first kappa shape index (κ1) is 17.1. The number of H-pyrrole nitrogens is 1. The minimum Gasteiger partial charge on any atom is -0.494 e. The Bertz CT molecular complexity index is 1020. The van der Waals surface area contributed by atoms with Gasteiger partial charge in [0.25, 0.3) is 0 Å². The van der Waals surface area contributed by atoms with Gasteiger partial charge in [-0.3, -0.25) is 0 Å². The zero-order valence-corrected chi connectivity index (χ0v) is 15.5. The highest BCUT2D eigenvalue weighted by molar-refractivity contribution is 7.89. The molecule has 26 heavy (non-hydrogen) atoms. The molecule has 1 aliphatic carbocycles. The largest absolute Gasteiger partial charge is 0.494 e. The van der Waals surface area contributed by atoms with Crippen LogP contribution in [0.25, 0.3) is 10.9 Å². The SMILES string of the molecule is CCOc1ccc(S(=O)(=O)NC2CCc3[nH]c4ccccc4c3C2)cc1. The van der Waals surface area contributed by atoms with Crippen LogP contribution >= 0.6 is 0 Å². The molecule has 2 aromatic carbocycles. The summed E-state index contributed by atoms with van der Waals surface area (Å²) in [6.45, 7) is 2.45. The number of para-hydroxylation sites is 1. The summed E-state index contributed by atoms with van der Waals surface area (Å²) >= 11 is 0. The molecule has 1 heterocycles. The third-order valence-electron chi connectivity index (χ3n) is 4.86. The Hall–Kier alpha value is -2.31. The molecule has 0 fully saturated rings. The van der Waals surface area contributed by atoms with Crippen LogP contribution in [0.4, 0.5) is 0 Å². The second kappa shape index (κ2) is 6.78. The molecule has 6 heteroatoms. The lowest BCUT2D eigenvalue weighted by molar-refractivity contribution is 0.340. The molecule has 0 amide bonds. The average Bonchev–Trinajstić information content (AvgIpc) is 3.00. The summed E-state index contributed by atoms with van der Waals surface area (Å²) in [7, 11) is -3.55. The molecule has 0 spiro atoms. The lowest BCUT2D eigenvalue weighted by Crippen LogP contribution is -2.38.